The van der Waals surface area contributed by atoms with Gasteiger partial charge < -0.3 is 15.2 Å². The van der Waals surface area contributed by atoms with Gasteiger partial charge in [-0.05, 0) is 24.1 Å². The smallest absolute Gasteiger partial charge is 0.247 e. The Bertz CT molecular complexity index is 348. The highest BCUT2D eigenvalue weighted by atomic mass is 16.7. The molecule has 0 radical (unpaired) electrons. The molecule has 0 bridgehead atoms. The lowest BCUT2D eigenvalue weighted by Gasteiger charge is -2.22. The number of ether oxygens (including phenoxy) is 2. The maximum absolute atomic E-state index is 5.61. The standard InChI is InChI=1S/C12H15NO2/c1-12(14-8-9-15-12)7-6-10-2-4-11(13)5-3-10/h2-5,8-9H,6-7,13H2,1H3. The van der Waals surface area contributed by atoms with Crippen LogP contribution in [0.25, 0.3) is 0 Å². The minimum atomic E-state index is -0.499. The molecule has 0 unspecified atom stereocenters. The summed E-state index contributed by atoms with van der Waals surface area (Å²) >= 11 is 0. The van der Waals surface area contributed by atoms with Crippen molar-refractivity contribution in [2.45, 2.75) is 25.6 Å². The number of nitrogens with two attached hydrogens (primary N) is 1. The molecule has 1 aliphatic rings. The van der Waals surface area contributed by atoms with E-state index < -0.39 is 5.79 Å². The number of rotatable bonds is 3. The van der Waals surface area contributed by atoms with Gasteiger partial charge in [0, 0.05) is 19.0 Å². The van der Waals surface area contributed by atoms with E-state index in [1.54, 1.807) is 12.5 Å². The second kappa shape index (κ2) is 3.85. The Balaban J connectivity index is 1.90. The number of nitrogen functional groups attached to an aromatic ring is 1. The van der Waals surface area contributed by atoms with Crippen molar-refractivity contribution in [1.29, 1.82) is 0 Å². The van der Waals surface area contributed by atoms with Crippen molar-refractivity contribution in [1.82, 2.24) is 0 Å². The van der Waals surface area contributed by atoms with Gasteiger partial charge in [0.25, 0.3) is 0 Å². The van der Waals surface area contributed by atoms with E-state index in [9.17, 15) is 0 Å². The van der Waals surface area contributed by atoms with E-state index >= 15 is 0 Å². The molecule has 0 saturated carbocycles. The molecule has 0 saturated heterocycles. The highest BCUT2D eigenvalue weighted by Gasteiger charge is 2.28. The Morgan fingerprint density at radius 3 is 2.33 bits per heavy atom. The van der Waals surface area contributed by atoms with Crippen molar-refractivity contribution in [3.63, 3.8) is 0 Å². The molecule has 15 heavy (non-hydrogen) atoms. The fourth-order valence-corrected chi connectivity index (χ4v) is 1.54. The molecule has 0 aliphatic carbocycles. The molecule has 1 heterocycles. The second-order valence-corrected chi connectivity index (χ2v) is 3.88. The normalized spacial score (nSPS) is 17.1. The van der Waals surface area contributed by atoms with Crippen molar-refractivity contribution in [2.24, 2.45) is 0 Å². The minimum Gasteiger partial charge on any atom is -0.457 e. The summed E-state index contributed by atoms with van der Waals surface area (Å²) in [5.41, 5.74) is 7.64. The molecular formula is C12H15NO2. The Labute approximate surface area is 89.5 Å². The summed E-state index contributed by atoms with van der Waals surface area (Å²) in [5.74, 6) is -0.499. The van der Waals surface area contributed by atoms with E-state index in [-0.39, 0.29) is 0 Å². The van der Waals surface area contributed by atoms with E-state index in [1.807, 2.05) is 31.2 Å². The summed E-state index contributed by atoms with van der Waals surface area (Å²) in [6, 6.07) is 7.88. The maximum Gasteiger partial charge on any atom is 0.247 e. The quantitative estimate of drug-likeness (QED) is 0.771. The van der Waals surface area contributed by atoms with Gasteiger partial charge in [-0.15, -0.1) is 0 Å². The van der Waals surface area contributed by atoms with Gasteiger partial charge in [-0.1, -0.05) is 12.1 Å². The van der Waals surface area contributed by atoms with Crippen LogP contribution in [0.3, 0.4) is 0 Å². The van der Waals surface area contributed by atoms with Crippen molar-refractivity contribution in [2.75, 3.05) is 5.73 Å². The summed E-state index contributed by atoms with van der Waals surface area (Å²) in [5, 5.41) is 0. The Morgan fingerprint density at radius 1 is 1.13 bits per heavy atom. The largest absolute Gasteiger partial charge is 0.457 e. The first-order chi connectivity index (χ1) is 7.18. The molecule has 3 nitrogen and oxygen atoms in total. The van der Waals surface area contributed by atoms with E-state index in [0.717, 1.165) is 18.5 Å². The number of aryl methyl sites for hydroxylation is 1. The monoisotopic (exact) mass is 205 g/mol. The van der Waals surface area contributed by atoms with Crippen LogP contribution in [0.2, 0.25) is 0 Å². The van der Waals surface area contributed by atoms with Gasteiger partial charge in [0.05, 0.1) is 0 Å². The van der Waals surface area contributed by atoms with Crippen LogP contribution in [0.5, 0.6) is 0 Å². The van der Waals surface area contributed by atoms with Gasteiger partial charge in [-0.25, -0.2) is 0 Å². The first-order valence-corrected chi connectivity index (χ1v) is 5.03. The Hall–Kier alpha value is -1.64. The van der Waals surface area contributed by atoms with Gasteiger partial charge >= 0.3 is 0 Å². The Kier molecular flexibility index (Phi) is 2.54. The van der Waals surface area contributed by atoms with E-state index in [4.69, 9.17) is 15.2 Å². The zero-order valence-corrected chi connectivity index (χ0v) is 8.77. The summed E-state index contributed by atoms with van der Waals surface area (Å²) < 4.78 is 10.7. The Morgan fingerprint density at radius 2 is 1.73 bits per heavy atom. The molecule has 80 valence electrons. The van der Waals surface area contributed by atoms with Gasteiger partial charge in [0.1, 0.15) is 12.5 Å². The molecule has 1 aromatic carbocycles. The van der Waals surface area contributed by atoms with E-state index in [1.165, 1.54) is 5.56 Å². The van der Waals surface area contributed by atoms with Crippen molar-refractivity contribution in [3.8, 4) is 0 Å². The third kappa shape index (κ3) is 2.43. The molecule has 0 atom stereocenters. The zero-order valence-electron chi connectivity index (χ0n) is 8.77. The third-order valence-corrected chi connectivity index (χ3v) is 2.54. The SMILES string of the molecule is CC1(CCc2ccc(N)cc2)OC=CO1. The lowest BCUT2D eigenvalue weighted by molar-refractivity contribution is -0.130. The molecule has 1 aliphatic heterocycles. The highest BCUT2D eigenvalue weighted by Crippen LogP contribution is 2.25. The number of anilines is 1. The average Bonchev–Trinajstić information content (AvgIpc) is 2.65. The molecule has 1 aromatic rings. The average molecular weight is 205 g/mol. The van der Waals surface area contributed by atoms with Crippen LogP contribution in [0.1, 0.15) is 18.9 Å². The van der Waals surface area contributed by atoms with Crippen LogP contribution in [0.15, 0.2) is 36.8 Å². The summed E-state index contributed by atoms with van der Waals surface area (Å²) in [6.45, 7) is 1.93. The molecule has 0 spiro atoms. The van der Waals surface area contributed by atoms with Crippen LogP contribution < -0.4 is 5.73 Å². The van der Waals surface area contributed by atoms with Crippen LogP contribution in [0, 0.1) is 0 Å². The predicted molar refractivity (Wildman–Crippen MR) is 58.9 cm³/mol. The zero-order chi connectivity index (χ0) is 10.7. The molecule has 0 fully saturated rings. The maximum atomic E-state index is 5.61. The molecule has 3 heteroatoms. The number of hydrogen-bond acceptors (Lipinski definition) is 3. The van der Waals surface area contributed by atoms with Crippen molar-refractivity contribution in [3.05, 3.63) is 42.4 Å². The van der Waals surface area contributed by atoms with E-state index in [0.29, 0.717) is 0 Å². The minimum absolute atomic E-state index is 0.499. The van der Waals surface area contributed by atoms with E-state index in [2.05, 4.69) is 0 Å². The summed E-state index contributed by atoms with van der Waals surface area (Å²) in [7, 11) is 0. The van der Waals surface area contributed by atoms with Crippen molar-refractivity contribution >= 4 is 5.69 Å². The summed E-state index contributed by atoms with van der Waals surface area (Å²) in [6.07, 6.45) is 4.91. The van der Waals surface area contributed by atoms with Gasteiger partial charge in [-0.2, -0.15) is 0 Å². The lowest BCUT2D eigenvalue weighted by Crippen LogP contribution is -2.25. The van der Waals surface area contributed by atoms with Crippen LogP contribution in [0.4, 0.5) is 5.69 Å². The van der Waals surface area contributed by atoms with Gasteiger partial charge in [0.2, 0.25) is 5.79 Å². The molecular weight excluding hydrogens is 190 g/mol. The van der Waals surface area contributed by atoms with Crippen LogP contribution >= 0.6 is 0 Å². The predicted octanol–water partition coefficient (Wildman–Crippen LogP) is 2.44. The first kappa shape index (κ1) is 9.90. The van der Waals surface area contributed by atoms with Gasteiger partial charge in [-0.3, -0.25) is 0 Å². The summed E-state index contributed by atoms with van der Waals surface area (Å²) in [4.78, 5) is 0. The fraction of sp³-hybridized carbons (Fsp3) is 0.333. The number of hydrogen-bond donors (Lipinski definition) is 1. The molecule has 0 amide bonds. The number of benzene rings is 1. The molecule has 0 aromatic heterocycles. The van der Waals surface area contributed by atoms with Crippen LogP contribution in [-0.2, 0) is 15.9 Å². The van der Waals surface area contributed by atoms with Gasteiger partial charge in [0.15, 0.2) is 0 Å². The van der Waals surface area contributed by atoms with Crippen molar-refractivity contribution < 1.29 is 9.47 Å². The lowest BCUT2D eigenvalue weighted by atomic mass is 10.1. The first-order valence-electron chi connectivity index (χ1n) is 5.03. The highest BCUT2D eigenvalue weighted by molar-refractivity contribution is 5.39. The molecule has 2 N–H and O–H groups in total. The second-order valence-electron chi connectivity index (χ2n) is 3.88. The third-order valence-electron chi connectivity index (χ3n) is 2.54. The molecule has 2 rings (SSSR count). The van der Waals surface area contributed by atoms with Crippen LogP contribution in [-0.4, -0.2) is 5.79 Å². The fourth-order valence-electron chi connectivity index (χ4n) is 1.54. The topological polar surface area (TPSA) is 44.5 Å².